The van der Waals surface area contributed by atoms with Crippen LogP contribution in [-0.2, 0) is 9.47 Å². The summed E-state index contributed by atoms with van der Waals surface area (Å²) in [4.78, 5) is 4.20. The van der Waals surface area contributed by atoms with Gasteiger partial charge in [-0.1, -0.05) is 0 Å². The zero-order valence-electron chi connectivity index (χ0n) is 10.5. The molecule has 1 aromatic carbocycles. The molecule has 0 atom stereocenters. The first-order valence-electron chi connectivity index (χ1n) is 5.52. The second-order valence-corrected chi connectivity index (χ2v) is 5.08. The third-order valence-electron chi connectivity index (χ3n) is 3.18. The second kappa shape index (κ2) is 3.72. The predicted octanol–water partition coefficient (Wildman–Crippen LogP) is 3.42. The lowest BCUT2D eigenvalue weighted by Crippen LogP contribution is -2.41. The van der Waals surface area contributed by atoms with Crippen molar-refractivity contribution in [3.63, 3.8) is 0 Å². The van der Waals surface area contributed by atoms with Crippen molar-refractivity contribution >= 4 is 11.8 Å². The summed E-state index contributed by atoms with van der Waals surface area (Å²) in [6, 6.07) is 5.86. The van der Waals surface area contributed by atoms with Gasteiger partial charge in [0, 0.05) is 0 Å². The van der Waals surface area contributed by atoms with Gasteiger partial charge < -0.3 is 9.47 Å². The molecule has 0 spiro atoms. The second-order valence-electron chi connectivity index (χ2n) is 5.08. The number of rotatable bonds is 1. The zero-order valence-corrected chi connectivity index (χ0v) is 10.5. The molecule has 1 aliphatic heterocycles. The summed E-state index contributed by atoms with van der Waals surface area (Å²) in [5.41, 5.74) is -0.271. The van der Waals surface area contributed by atoms with Gasteiger partial charge in [-0.15, -0.1) is 0 Å². The molecule has 4 heteroatoms. The van der Waals surface area contributed by atoms with E-state index in [4.69, 9.17) is 9.47 Å². The predicted molar refractivity (Wildman–Crippen MR) is 63.8 cm³/mol. The SMILES string of the molecule is CC1(C)OC(=Nc2ccc(F)cc2)OC1(C)C. The molecular formula is C13H16FNO2. The van der Waals surface area contributed by atoms with E-state index in [0.29, 0.717) is 5.69 Å². The first kappa shape index (κ1) is 11.9. The number of hydrogen-bond acceptors (Lipinski definition) is 3. The summed E-state index contributed by atoms with van der Waals surface area (Å²) < 4.78 is 24.0. The van der Waals surface area contributed by atoms with E-state index in [1.54, 1.807) is 12.1 Å². The number of nitrogens with zero attached hydrogens (tertiary/aromatic N) is 1. The molecule has 0 aromatic heterocycles. The quantitative estimate of drug-likeness (QED) is 0.749. The molecule has 0 saturated carbocycles. The minimum Gasteiger partial charge on any atom is -0.440 e. The lowest BCUT2D eigenvalue weighted by atomic mass is 9.90. The fourth-order valence-electron chi connectivity index (χ4n) is 1.37. The van der Waals surface area contributed by atoms with Crippen molar-refractivity contribution in [2.75, 3.05) is 0 Å². The van der Waals surface area contributed by atoms with Crippen LogP contribution in [0.5, 0.6) is 0 Å². The fourth-order valence-corrected chi connectivity index (χ4v) is 1.37. The molecule has 0 aliphatic carbocycles. The Balaban J connectivity index is 2.23. The van der Waals surface area contributed by atoms with Gasteiger partial charge in [0.25, 0.3) is 0 Å². The molecular weight excluding hydrogens is 221 g/mol. The molecule has 92 valence electrons. The average Bonchev–Trinajstić information content (AvgIpc) is 2.39. The molecule has 0 radical (unpaired) electrons. The Bertz CT molecular complexity index is 431. The Hall–Kier alpha value is -1.58. The first-order chi connectivity index (χ1) is 7.80. The van der Waals surface area contributed by atoms with Crippen LogP contribution in [0.25, 0.3) is 0 Å². The third kappa shape index (κ3) is 2.25. The maximum atomic E-state index is 12.7. The van der Waals surface area contributed by atoms with Gasteiger partial charge in [-0.3, -0.25) is 0 Å². The van der Waals surface area contributed by atoms with E-state index in [-0.39, 0.29) is 11.9 Å². The summed E-state index contributed by atoms with van der Waals surface area (Å²) in [6.07, 6.45) is 0.228. The van der Waals surface area contributed by atoms with Crippen LogP contribution in [0, 0.1) is 5.82 Å². The third-order valence-corrected chi connectivity index (χ3v) is 3.18. The molecule has 17 heavy (non-hydrogen) atoms. The Labute approximate surface area is 100 Å². The van der Waals surface area contributed by atoms with E-state index >= 15 is 0 Å². The summed E-state index contributed by atoms with van der Waals surface area (Å²) in [5.74, 6) is -0.289. The largest absolute Gasteiger partial charge is 0.440 e. The molecule has 2 rings (SSSR count). The van der Waals surface area contributed by atoms with Crippen molar-refractivity contribution in [3.8, 4) is 0 Å². The maximum absolute atomic E-state index is 12.7. The van der Waals surface area contributed by atoms with Gasteiger partial charge in [0.1, 0.15) is 17.0 Å². The van der Waals surface area contributed by atoms with Crippen LogP contribution in [0.1, 0.15) is 27.7 Å². The molecule has 1 saturated heterocycles. The normalized spacial score (nSPS) is 20.6. The van der Waals surface area contributed by atoms with E-state index in [1.165, 1.54) is 12.1 Å². The Kier molecular flexibility index (Phi) is 2.60. The molecule has 1 heterocycles. The maximum Gasteiger partial charge on any atom is 0.390 e. The van der Waals surface area contributed by atoms with Gasteiger partial charge >= 0.3 is 6.08 Å². The number of halogens is 1. The highest BCUT2D eigenvalue weighted by molar-refractivity contribution is 5.74. The van der Waals surface area contributed by atoms with Crippen molar-refractivity contribution in [2.45, 2.75) is 38.9 Å². The van der Waals surface area contributed by atoms with Crippen molar-refractivity contribution in [3.05, 3.63) is 30.1 Å². The summed E-state index contributed by atoms with van der Waals surface area (Å²) in [5, 5.41) is 0. The monoisotopic (exact) mass is 237 g/mol. The number of aliphatic imine (C=N–C) groups is 1. The van der Waals surface area contributed by atoms with Crippen LogP contribution < -0.4 is 0 Å². The van der Waals surface area contributed by atoms with E-state index < -0.39 is 11.2 Å². The lowest BCUT2D eigenvalue weighted by Gasteiger charge is -2.28. The van der Waals surface area contributed by atoms with Crippen LogP contribution >= 0.6 is 0 Å². The standard InChI is InChI=1S/C13H16FNO2/c1-12(2)13(3,4)17-11(16-12)15-10-7-5-9(14)6-8-10/h5-8H,1-4H3. The van der Waals surface area contributed by atoms with E-state index in [0.717, 1.165) is 0 Å². The van der Waals surface area contributed by atoms with Crippen LogP contribution in [0.15, 0.2) is 29.3 Å². The van der Waals surface area contributed by atoms with Gasteiger partial charge in [0.05, 0.1) is 5.69 Å². The van der Waals surface area contributed by atoms with Crippen LogP contribution in [-0.4, -0.2) is 17.3 Å². The molecule has 1 aliphatic rings. The Morgan fingerprint density at radius 3 is 1.88 bits per heavy atom. The summed E-state index contributed by atoms with van der Waals surface area (Å²) in [7, 11) is 0. The van der Waals surface area contributed by atoms with Gasteiger partial charge in [-0.05, 0) is 52.0 Å². The van der Waals surface area contributed by atoms with Crippen molar-refractivity contribution in [2.24, 2.45) is 4.99 Å². The lowest BCUT2D eigenvalue weighted by molar-refractivity contribution is 0.00578. The van der Waals surface area contributed by atoms with Gasteiger partial charge in [-0.25, -0.2) is 4.39 Å². The average molecular weight is 237 g/mol. The van der Waals surface area contributed by atoms with Crippen molar-refractivity contribution < 1.29 is 13.9 Å². The number of ether oxygens (including phenoxy) is 2. The zero-order chi connectivity index (χ0) is 12.7. The van der Waals surface area contributed by atoms with Gasteiger partial charge in [0.15, 0.2) is 0 Å². The smallest absolute Gasteiger partial charge is 0.390 e. The summed E-state index contributed by atoms with van der Waals surface area (Å²) in [6.45, 7) is 7.78. The summed E-state index contributed by atoms with van der Waals surface area (Å²) >= 11 is 0. The molecule has 1 fully saturated rings. The van der Waals surface area contributed by atoms with E-state index in [9.17, 15) is 4.39 Å². The van der Waals surface area contributed by atoms with E-state index in [1.807, 2.05) is 27.7 Å². The molecule has 0 bridgehead atoms. The van der Waals surface area contributed by atoms with Gasteiger partial charge in [-0.2, -0.15) is 4.99 Å². The molecule has 0 N–H and O–H groups in total. The molecule has 3 nitrogen and oxygen atoms in total. The Morgan fingerprint density at radius 1 is 0.941 bits per heavy atom. The van der Waals surface area contributed by atoms with Crippen LogP contribution in [0.4, 0.5) is 10.1 Å². The number of hydrogen-bond donors (Lipinski definition) is 0. The minimum absolute atomic E-state index is 0.228. The highest BCUT2D eigenvalue weighted by Gasteiger charge is 2.49. The first-order valence-corrected chi connectivity index (χ1v) is 5.52. The Morgan fingerprint density at radius 2 is 1.41 bits per heavy atom. The van der Waals surface area contributed by atoms with Crippen LogP contribution in [0.3, 0.4) is 0 Å². The molecule has 0 amide bonds. The highest BCUT2D eigenvalue weighted by Crippen LogP contribution is 2.36. The van der Waals surface area contributed by atoms with Crippen LogP contribution in [0.2, 0.25) is 0 Å². The van der Waals surface area contributed by atoms with E-state index in [2.05, 4.69) is 4.99 Å². The number of benzene rings is 1. The van der Waals surface area contributed by atoms with Gasteiger partial charge in [0.2, 0.25) is 0 Å². The fraction of sp³-hybridized carbons (Fsp3) is 0.462. The van der Waals surface area contributed by atoms with Crippen molar-refractivity contribution in [1.82, 2.24) is 0 Å². The topological polar surface area (TPSA) is 30.8 Å². The minimum atomic E-state index is -0.439. The van der Waals surface area contributed by atoms with Crippen molar-refractivity contribution in [1.29, 1.82) is 0 Å². The molecule has 1 aromatic rings. The highest BCUT2D eigenvalue weighted by atomic mass is 19.1. The molecule has 0 unspecified atom stereocenters.